The van der Waals surface area contributed by atoms with Crippen molar-refractivity contribution in [1.82, 2.24) is 0 Å². The first-order valence-corrected chi connectivity index (χ1v) is 8.92. The molecule has 1 N–H and O–H groups in total. The minimum absolute atomic E-state index is 0.00741. The van der Waals surface area contributed by atoms with Gasteiger partial charge in [0, 0.05) is 35.4 Å². The molecule has 1 aliphatic heterocycles. The molecule has 0 saturated carbocycles. The molecule has 0 aromatic heterocycles. The number of halogens is 1. The average molecular weight is 374 g/mol. The summed E-state index contributed by atoms with van der Waals surface area (Å²) in [6.07, 6.45) is 2.16. The van der Waals surface area contributed by atoms with Gasteiger partial charge in [0.1, 0.15) is 5.69 Å². The Bertz CT molecular complexity index is 823. The summed E-state index contributed by atoms with van der Waals surface area (Å²) in [7, 11) is 0. The number of rotatable bonds is 4. The van der Waals surface area contributed by atoms with Crippen molar-refractivity contribution in [2.24, 2.45) is 5.92 Å². The second-order valence-corrected chi connectivity index (χ2v) is 7.05. The third-order valence-corrected chi connectivity index (χ3v) is 4.79. The van der Waals surface area contributed by atoms with Gasteiger partial charge in [-0.3, -0.25) is 14.9 Å². The molecule has 1 fully saturated rings. The first-order valence-electron chi connectivity index (χ1n) is 8.54. The van der Waals surface area contributed by atoms with Crippen LogP contribution in [0.25, 0.3) is 0 Å². The average Bonchev–Trinajstić information content (AvgIpc) is 2.62. The van der Waals surface area contributed by atoms with Gasteiger partial charge in [-0.05, 0) is 55.2 Å². The Morgan fingerprint density at radius 1 is 1.27 bits per heavy atom. The van der Waals surface area contributed by atoms with Crippen molar-refractivity contribution in [2.45, 2.75) is 19.8 Å². The Hall–Kier alpha value is -2.60. The lowest BCUT2D eigenvalue weighted by molar-refractivity contribution is -0.384. The molecule has 0 bridgehead atoms. The Morgan fingerprint density at radius 3 is 2.65 bits per heavy atom. The van der Waals surface area contributed by atoms with Crippen LogP contribution in [0, 0.1) is 16.0 Å². The summed E-state index contributed by atoms with van der Waals surface area (Å²) in [6, 6.07) is 11.3. The summed E-state index contributed by atoms with van der Waals surface area (Å²) < 4.78 is 0. The summed E-state index contributed by atoms with van der Waals surface area (Å²) in [5, 5.41) is 14.8. The lowest BCUT2D eigenvalue weighted by Crippen LogP contribution is -2.34. The fourth-order valence-electron chi connectivity index (χ4n) is 3.23. The fraction of sp³-hybridized carbons (Fsp3) is 0.316. The van der Waals surface area contributed by atoms with Crippen molar-refractivity contribution in [3.8, 4) is 0 Å². The first kappa shape index (κ1) is 18.2. The molecule has 0 aliphatic carbocycles. The highest BCUT2D eigenvalue weighted by Crippen LogP contribution is 2.34. The molecule has 1 atom stereocenters. The standard InChI is InChI=1S/C19H20ClN3O3/c1-13-3-2-10-22(12-13)17-9-8-16(11-18(17)23(25)26)21-19(24)14-4-6-15(20)7-5-14/h4-9,11,13H,2-3,10,12H2,1H3,(H,21,24). The molecule has 3 rings (SSSR count). The Morgan fingerprint density at radius 2 is 2.00 bits per heavy atom. The molecule has 2 aromatic carbocycles. The fourth-order valence-corrected chi connectivity index (χ4v) is 3.35. The van der Waals surface area contributed by atoms with E-state index in [1.165, 1.54) is 6.07 Å². The number of carbonyl (C=O) groups excluding carboxylic acids is 1. The van der Waals surface area contributed by atoms with Crippen LogP contribution >= 0.6 is 11.6 Å². The molecular weight excluding hydrogens is 354 g/mol. The number of hydrogen-bond donors (Lipinski definition) is 1. The van der Waals surface area contributed by atoms with E-state index in [2.05, 4.69) is 17.1 Å². The third-order valence-electron chi connectivity index (χ3n) is 4.53. The molecule has 1 saturated heterocycles. The predicted molar refractivity (Wildman–Crippen MR) is 103 cm³/mol. The molecule has 7 heteroatoms. The number of piperidine rings is 1. The summed E-state index contributed by atoms with van der Waals surface area (Å²) in [6.45, 7) is 3.76. The van der Waals surface area contributed by atoms with Crippen molar-refractivity contribution in [3.63, 3.8) is 0 Å². The molecule has 2 aromatic rings. The van der Waals surface area contributed by atoms with Crippen LogP contribution in [0.5, 0.6) is 0 Å². The lowest BCUT2D eigenvalue weighted by Gasteiger charge is -2.32. The normalized spacial score (nSPS) is 17.0. The smallest absolute Gasteiger partial charge is 0.294 e. The van der Waals surface area contributed by atoms with Crippen molar-refractivity contribution in [1.29, 1.82) is 0 Å². The van der Waals surface area contributed by atoms with Gasteiger partial charge >= 0.3 is 0 Å². The number of hydrogen-bond acceptors (Lipinski definition) is 4. The van der Waals surface area contributed by atoms with E-state index in [4.69, 9.17) is 11.6 Å². The minimum atomic E-state index is -0.396. The summed E-state index contributed by atoms with van der Waals surface area (Å²) in [4.78, 5) is 25.5. The predicted octanol–water partition coefficient (Wildman–Crippen LogP) is 4.74. The summed E-state index contributed by atoms with van der Waals surface area (Å²) >= 11 is 5.82. The van der Waals surface area contributed by atoms with E-state index in [1.807, 2.05) is 0 Å². The zero-order valence-corrected chi connectivity index (χ0v) is 15.2. The lowest BCUT2D eigenvalue weighted by atomic mass is 9.99. The van der Waals surface area contributed by atoms with Gasteiger partial charge in [0.25, 0.3) is 11.6 Å². The van der Waals surface area contributed by atoms with Crippen LogP contribution in [-0.2, 0) is 0 Å². The van der Waals surface area contributed by atoms with E-state index in [0.717, 1.165) is 25.9 Å². The van der Waals surface area contributed by atoms with Crippen LogP contribution in [0.3, 0.4) is 0 Å². The van der Waals surface area contributed by atoms with Crippen molar-refractivity contribution < 1.29 is 9.72 Å². The summed E-state index contributed by atoms with van der Waals surface area (Å²) in [5.41, 5.74) is 1.44. The number of benzene rings is 2. The Kier molecular flexibility index (Phi) is 5.42. The van der Waals surface area contributed by atoms with Gasteiger partial charge in [-0.15, -0.1) is 0 Å². The largest absolute Gasteiger partial charge is 0.366 e. The number of carbonyl (C=O) groups is 1. The van der Waals surface area contributed by atoms with Crippen LogP contribution in [0.1, 0.15) is 30.1 Å². The van der Waals surface area contributed by atoms with Crippen LogP contribution in [0.2, 0.25) is 5.02 Å². The van der Waals surface area contributed by atoms with E-state index in [0.29, 0.717) is 27.9 Å². The van der Waals surface area contributed by atoms with Crippen molar-refractivity contribution in [3.05, 3.63) is 63.2 Å². The molecule has 0 radical (unpaired) electrons. The SMILES string of the molecule is CC1CCCN(c2ccc(NC(=O)c3ccc(Cl)cc3)cc2[N+](=O)[O-])C1. The molecule has 1 unspecified atom stereocenters. The second kappa shape index (κ2) is 7.74. The number of nitrogens with zero attached hydrogens (tertiary/aromatic N) is 2. The minimum Gasteiger partial charge on any atom is -0.366 e. The Labute approximate surface area is 156 Å². The number of anilines is 2. The van der Waals surface area contributed by atoms with Gasteiger partial charge in [0.2, 0.25) is 0 Å². The van der Waals surface area contributed by atoms with Crippen LogP contribution < -0.4 is 10.2 Å². The highest BCUT2D eigenvalue weighted by molar-refractivity contribution is 6.30. The number of nitro benzene ring substituents is 1. The van der Waals surface area contributed by atoms with Gasteiger partial charge in [0.15, 0.2) is 0 Å². The van der Waals surface area contributed by atoms with Crippen LogP contribution in [-0.4, -0.2) is 23.9 Å². The van der Waals surface area contributed by atoms with Crippen molar-refractivity contribution >= 4 is 34.6 Å². The third kappa shape index (κ3) is 4.14. The maximum atomic E-state index is 12.3. The van der Waals surface area contributed by atoms with Crippen LogP contribution in [0.4, 0.5) is 17.1 Å². The molecular formula is C19H20ClN3O3. The van der Waals surface area contributed by atoms with Gasteiger partial charge < -0.3 is 10.2 Å². The number of amides is 1. The zero-order valence-electron chi connectivity index (χ0n) is 14.4. The van der Waals surface area contributed by atoms with Gasteiger partial charge in [-0.2, -0.15) is 0 Å². The summed E-state index contributed by atoms with van der Waals surface area (Å²) in [5.74, 6) is 0.169. The number of nitrogens with one attached hydrogen (secondary N) is 1. The molecule has 136 valence electrons. The van der Waals surface area contributed by atoms with Gasteiger partial charge in [0.05, 0.1) is 4.92 Å². The zero-order chi connectivity index (χ0) is 18.7. The van der Waals surface area contributed by atoms with E-state index in [1.54, 1.807) is 36.4 Å². The number of nitro groups is 1. The van der Waals surface area contributed by atoms with E-state index in [9.17, 15) is 14.9 Å². The molecule has 1 aliphatic rings. The maximum absolute atomic E-state index is 12.3. The van der Waals surface area contributed by atoms with Crippen LogP contribution in [0.15, 0.2) is 42.5 Å². The molecule has 1 heterocycles. The molecule has 6 nitrogen and oxygen atoms in total. The van der Waals surface area contributed by atoms with Crippen molar-refractivity contribution in [2.75, 3.05) is 23.3 Å². The van der Waals surface area contributed by atoms with Gasteiger partial charge in [-0.1, -0.05) is 18.5 Å². The quantitative estimate of drug-likeness (QED) is 0.620. The highest BCUT2D eigenvalue weighted by atomic mass is 35.5. The highest BCUT2D eigenvalue weighted by Gasteiger charge is 2.24. The van der Waals surface area contributed by atoms with Gasteiger partial charge in [-0.25, -0.2) is 0 Å². The molecule has 1 amide bonds. The van der Waals surface area contributed by atoms with E-state index in [-0.39, 0.29) is 11.6 Å². The monoisotopic (exact) mass is 373 g/mol. The first-order chi connectivity index (χ1) is 12.4. The molecule has 26 heavy (non-hydrogen) atoms. The van der Waals surface area contributed by atoms with E-state index >= 15 is 0 Å². The second-order valence-electron chi connectivity index (χ2n) is 6.62. The van der Waals surface area contributed by atoms with E-state index < -0.39 is 4.92 Å². The topological polar surface area (TPSA) is 75.5 Å². The maximum Gasteiger partial charge on any atom is 0.294 e. The molecule has 0 spiro atoms. The Balaban J connectivity index is 1.83.